The van der Waals surface area contributed by atoms with Gasteiger partial charge in [0.15, 0.2) is 0 Å². The van der Waals surface area contributed by atoms with Crippen LogP contribution in [0.15, 0.2) is 0 Å². The van der Waals surface area contributed by atoms with Gasteiger partial charge in [0.1, 0.15) is 11.1 Å². The first-order valence-corrected chi connectivity index (χ1v) is 7.35. The molecule has 0 aliphatic carbocycles. The molecule has 1 atom stereocenters. The van der Waals surface area contributed by atoms with E-state index in [1.54, 1.807) is 4.90 Å². The molecule has 2 aliphatic heterocycles. The van der Waals surface area contributed by atoms with Crippen LogP contribution in [0.2, 0.25) is 0 Å². The third kappa shape index (κ3) is 3.47. The standard InChI is InChI=1S/C14H25N3O4/c1-13(2,3)21-12(19)16-5-7-17(8-6-16)14(11(15)18)4-9-20-10-14/h4-10H2,1-3H3,(H2,15,18)/t14-/m1/s1. The molecule has 0 unspecified atom stereocenters. The quantitative estimate of drug-likeness (QED) is 0.786. The smallest absolute Gasteiger partial charge is 0.410 e. The Hall–Kier alpha value is -1.34. The van der Waals surface area contributed by atoms with Gasteiger partial charge < -0.3 is 20.1 Å². The Morgan fingerprint density at radius 2 is 1.81 bits per heavy atom. The number of carbonyl (C=O) groups is 2. The zero-order valence-electron chi connectivity index (χ0n) is 13.1. The van der Waals surface area contributed by atoms with E-state index in [0.717, 1.165) is 0 Å². The number of hydrogen-bond donors (Lipinski definition) is 1. The third-order valence-electron chi connectivity index (χ3n) is 4.00. The summed E-state index contributed by atoms with van der Waals surface area (Å²) >= 11 is 0. The number of nitrogens with two attached hydrogens (primary N) is 1. The van der Waals surface area contributed by atoms with Gasteiger partial charge >= 0.3 is 6.09 Å². The molecule has 0 saturated carbocycles. The SMILES string of the molecule is CC(C)(C)OC(=O)N1CCN([C@]2(C(N)=O)CCOC2)CC1. The van der Waals surface area contributed by atoms with E-state index in [1.165, 1.54) is 0 Å². The van der Waals surface area contributed by atoms with Crippen molar-refractivity contribution in [2.24, 2.45) is 5.73 Å². The lowest BCUT2D eigenvalue weighted by atomic mass is 9.94. The molecule has 2 N–H and O–H groups in total. The number of piperazine rings is 1. The summed E-state index contributed by atoms with van der Waals surface area (Å²) in [5.74, 6) is -0.342. The number of primary amides is 1. The van der Waals surface area contributed by atoms with Crippen LogP contribution in [0.5, 0.6) is 0 Å². The Morgan fingerprint density at radius 1 is 1.19 bits per heavy atom. The predicted octanol–water partition coefficient (Wildman–Crippen LogP) is 0.184. The van der Waals surface area contributed by atoms with E-state index in [0.29, 0.717) is 45.8 Å². The topological polar surface area (TPSA) is 85.1 Å². The third-order valence-corrected chi connectivity index (χ3v) is 4.00. The van der Waals surface area contributed by atoms with Gasteiger partial charge in [0.25, 0.3) is 0 Å². The van der Waals surface area contributed by atoms with Crippen LogP contribution < -0.4 is 5.73 Å². The summed E-state index contributed by atoms with van der Waals surface area (Å²) in [4.78, 5) is 27.6. The Morgan fingerprint density at radius 3 is 2.24 bits per heavy atom. The van der Waals surface area contributed by atoms with E-state index in [4.69, 9.17) is 15.2 Å². The zero-order valence-corrected chi connectivity index (χ0v) is 13.1. The van der Waals surface area contributed by atoms with Crippen LogP contribution >= 0.6 is 0 Å². The second-order valence-corrected chi connectivity index (χ2v) is 6.65. The Labute approximate surface area is 125 Å². The van der Waals surface area contributed by atoms with Crippen LogP contribution in [-0.2, 0) is 14.3 Å². The predicted molar refractivity (Wildman–Crippen MR) is 76.7 cm³/mol. The first kappa shape index (κ1) is 16.0. The molecule has 0 spiro atoms. The number of hydrogen-bond acceptors (Lipinski definition) is 5. The molecule has 7 nitrogen and oxygen atoms in total. The molecular weight excluding hydrogens is 274 g/mol. The highest BCUT2D eigenvalue weighted by molar-refractivity contribution is 5.85. The average molecular weight is 299 g/mol. The van der Waals surface area contributed by atoms with E-state index in [-0.39, 0.29) is 12.0 Å². The van der Waals surface area contributed by atoms with Gasteiger partial charge in [0.05, 0.1) is 6.61 Å². The highest BCUT2D eigenvalue weighted by Crippen LogP contribution is 2.27. The summed E-state index contributed by atoms with van der Waals surface area (Å²) in [6, 6.07) is 0. The fourth-order valence-electron chi connectivity index (χ4n) is 2.80. The van der Waals surface area contributed by atoms with Crippen LogP contribution in [-0.4, -0.2) is 72.3 Å². The molecule has 0 bridgehead atoms. The monoisotopic (exact) mass is 299 g/mol. The Balaban J connectivity index is 1.94. The lowest BCUT2D eigenvalue weighted by molar-refractivity contribution is -0.131. The van der Waals surface area contributed by atoms with Crippen molar-refractivity contribution in [1.29, 1.82) is 0 Å². The number of rotatable bonds is 2. The first-order chi connectivity index (χ1) is 9.74. The molecule has 0 aromatic carbocycles. The van der Waals surface area contributed by atoms with Gasteiger partial charge in [0.2, 0.25) is 5.91 Å². The summed E-state index contributed by atoms with van der Waals surface area (Å²) in [5, 5.41) is 0. The first-order valence-electron chi connectivity index (χ1n) is 7.35. The van der Waals surface area contributed by atoms with E-state index in [1.807, 2.05) is 25.7 Å². The van der Waals surface area contributed by atoms with Crippen molar-refractivity contribution in [2.45, 2.75) is 38.3 Å². The molecule has 120 valence electrons. The molecule has 0 radical (unpaired) electrons. The van der Waals surface area contributed by atoms with Crippen LogP contribution in [0.1, 0.15) is 27.2 Å². The number of nitrogens with zero attached hydrogens (tertiary/aromatic N) is 2. The van der Waals surface area contributed by atoms with E-state index >= 15 is 0 Å². The number of amides is 2. The van der Waals surface area contributed by atoms with E-state index in [2.05, 4.69) is 0 Å². The minimum absolute atomic E-state index is 0.307. The van der Waals surface area contributed by atoms with Gasteiger partial charge in [-0.05, 0) is 20.8 Å². The normalized spacial score (nSPS) is 27.7. The molecule has 2 fully saturated rings. The molecule has 2 heterocycles. The highest BCUT2D eigenvalue weighted by atomic mass is 16.6. The van der Waals surface area contributed by atoms with Crippen molar-refractivity contribution in [3.8, 4) is 0 Å². The lowest BCUT2D eigenvalue weighted by Gasteiger charge is -2.43. The number of ether oxygens (including phenoxy) is 2. The summed E-state index contributed by atoms with van der Waals surface area (Å²) < 4.78 is 10.7. The Kier molecular flexibility index (Phi) is 4.43. The van der Waals surface area contributed by atoms with Crippen molar-refractivity contribution in [1.82, 2.24) is 9.80 Å². The largest absolute Gasteiger partial charge is 0.444 e. The van der Waals surface area contributed by atoms with Crippen LogP contribution in [0, 0.1) is 0 Å². The van der Waals surface area contributed by atoms with Crippen LogP contribution in [0.25, 0.3) is 0 Å². The molecular formula is C14H25N3O4. The fourth-order valence-corrected chi connectivity index (χ4v) is 2.80. The molecule has 0 aromatic heterocycles. The maximum absolute atomic E-state index is 12.0. The van der Waals surface area contributed by atoms with Gasteiger partial charge in [-0.1, -0.05) is 0 Å². The van der Waals surface area contributed by atoms with Gasteiger partial charge in [-0.25, -0.2) is 4.79 Å². The average Bonchev–Trinajstić information content (AvgIpc) is 2.87. The Bertz CT molecular complexity index is 405. The molecule has 2 rings (SSSR count). The molecule has 0 aromatic rings. The summed E-state index contributed by atoms with van der Waals surface area (Å²) in [6.07, 6.45) is 0.312. The summed E-state index contributed by atoms with van der Waals surface area (Å²) in [6.45, 7) is 8.70. The van der Waals surface area contributed by atoms with Crippen molar-refractivity contribution in [3.63, 3.8) is 0 Å². The van der Waals surface area contributed by atoms with Gasteiger partial charge in [-0.3, -0.25) is 9.69 Å². The van der Waals surface area contributed by atoms with Crippen LogP contribution in [0.3, 0.4) is 0 Å². The van der Waals surface area contributed by atoms with E-state index < -0.39 is 11.1 Å². The van der Waals surface area contributed by atoms with Crippen molar-refractivity contribution < 1.29 is 19.1 Å². The molecule has 7 heteroatoms. The molecule has 2 amide bonds. The van der Waals surface area contributed by atoms with Crippen molar-refractivity contribution in [3.05, 3.63) is 0 Å². The second-order valence-electron chi connectivity index (χ2n) is 6.65. The van der Waals surface area contributed by atoms with Crippen molar-refractivity contribution >= 4 is 12.0 Å². The van der Waals surface area contributed by atoms with Gasteiger partial charge in [-0.2, -0.15) is 0 Å². The second kappa shape index (κ2) is 5.81. The molecule has 2 aliphatic rings. The fraction of sp³-hybridized carbons (Fsp3) is 0.857. The highest BCUT2D eigenvalue weighted by Gasteiger charge is 2.47. The summed E-state index contributed by atoms with van der Waals surface area (Å²) in [5.41, 5.74) is 4.37. The number of carbonyl (C=O) groups excluding carboxylic acids is 2. The van der Waals surface area contributed by atoms with Gasteiger partial charge in [-0.15, -0.1) is 0 Å². The maximum Gasteiger partial charge on any atom is 0.410 e. The lowest BCUT2D eigenvalue weighted by Crippen LogP contribution is -2.63. The van der Waals surface area contributed by atoms with Crippen LogP contribution in [0.4, 0.5) is 4.79 Å². The summed E-state index contributed by atoms with van der Waals surface area (Å²) in [7, 11) is 0. The maximum atomic E-state index is 12.0. The van der Waals surface area contributed by atoms with Crippen molar-refractivity contribution in [2.75, 3.05) is 39.4 Å². The molecule has 21 heavy (non-hydrogen) atoms. The molecule has 2 saturated heterocycles. The minimum Gasteiger partial charge on any atom is -0.444 e. The van der Waals surface area contributed by atoms with E-state index in [9.17, 15) is 9.59 Å². The minimum atomic E-state index is -0.708. The van der Waals surface area contributed by atoms with Gasteiger partial charge in [0, 0.05) is 39.2 Å². The zero-order chi connectivity index (χ0) is 15.7.